The predicted octanol–water partition coefficient (Wildman–Crippen LogP) is 5.45. The first-order valence-electron chi connectivity index (χ1n) is 7.28. The minimum absolute atomic E-state index is 0.0179. The van der Waals surface area contributed by atoms with Crippen molar-refractivity contribution >= 4 is 11.6 Å². The molecule has 1 atom stereocenters. The number of halogens is 1. The number of aryl methyl sites for hydroxylation is 2. The maximum Gasteiger partial charge on any atom is 0.119 e. The molecule has 0 heterocycles. The Kier molecular flexibility index (Phi) is 4.95. The average Bonchev–Trinajstić information content (AvgIpc) is 2.45. The van der Waals surface area contributed by atoms with E-state index in [-0.39, 0.29) is 5.38 Å². The number of ether oxygens (including phenoxy) is 1. The first-order valence-corrected chi connectivity index (χ1v) is 7.72. The highest BCUT2D eigenvalue weighted by Gasteiger charge is 2.17. The van der Waals surface area contributed by atoms with Gasteiger partial charge in [-0.1, -0.05) is 18.2 Å². The molecule has 2 aromatic carbocycles. The van der Waals surface area contributed by atoms with Gasteiger partial charge < -0.3 is 4.74 Å². The van der Waals surface area contributed by atoms with E-state index in [1.807, 2.05) is 12.1 Å². The van der Waals surface area contributed by atoms with Crippen LogP contribution < -0.4 is 4.74 Å². The van der Waals surface area contributed by atoms with E-state index >= 15 is 0 Å². The lowest BCUT2D eigenvalue weighted by Crippen LogP contribution is -2.05. The zero-order valence-corrected chi connectivity index (χ0v) is 14.2. The second-order valence-corrected chi connectivity index (χ2v) is 6.22. The highest BCUT2D eigenvalue weighted by Crippen LogP contribution is 2.34. The van der Waals surface area contributed by atoms with Gasteiger partial charge in [0.1, 0.15) is 5.75 Å². The number of hydrogen-bond acceptors (Lipinski definition) is 1. The van der Waals surface area contributed by atoms with Gasteiger partial charge in [0.25, 0.3) is 0 Å². The zero-order chi connectivity index (χ0) is 15.6. The number of rotatable bonds is 4. The maximum atomic E-state index is 6.75. The van der Waals surface area contributed by atoms with Crippen molar-refractivity contribution in [3.8, 4) is 5.75 Å². The predicted molar refractivity (Wildman–Crippen MR) is 90.7 cm³/mol. The van der Waals surface area contributed by atoms with Crippen molar-refractivity contribution in [2.45, 2.75) is 39.5 Å². The molecule has 1 nitrogen and oxygen atoms in total. The van der Waals surface area contributed by atoms with Gasteiger partial charge in [0.2, 0.25) is 0 Å². The van der Waals surface area contributed by atoms with Gasteiger partial charge in [-0.15, -0.1) is 11.6 Å². The van der Waals surface area contributed by atoms with Crippen LogP contribution in [-0.2, 0) is 6.42 Å². The first-order chi connectivity index (χ1) is 9.93. The molecule has 0 saturated carbocycles. The third kappa shape index (κ3) is 3.41. The summed E-state index contributed by atoms with van der Waals surface area (Å²) < 4.78 is 5.28. The molecule has 21 heavy (non-hydrogen) atoms. The Morgan fingerprint density at radius 2 is 1.62 bits per heavy atom. The number of alkyl halides is 1. The quantitative estimate of drug-likeness (QED) is 0.682. The van der Waals surface area contributed by atoms with Crippen molar-refractivity contribution in [3.05, 3.63) is 63.7 Å². The maximum absolute atomic E-state index is 6.75. The lowest BCUT2D eigenvalue weighted by atomic mass is 9.90. The van der Waals surface area contributed by atoms with Crippen molar-refractivity contribution < 1.29 is 4.74 Å². The van der Waals surface area contributed by atoms with Gasteiger partial charge >= 0.3 is 0 Å². The fourth-order valence-corrected chi connectivity index (χ4v) is 3.33. The molecule has 0 N–H and O–H groups in total. The lowest BCUT2D eigenvalue weighted by molar-refractivity contribution is 0.414. The van der Waals surface area contributed by atoms with Gasteiger partial charge in [-0.25, -0.2) is 0 Å². The summed E-state index contributed by atoms with van der Waals surface area (Å²) in [6.07, 6.45) is 0.809. The molecule has 0 amide bonds. The molecule has 0 aliphatic rings. The number of hydrogen-bond donors (Lipinski definition) is 0. The van der Waals surface area contributed by atoms with E-state index in [0.29, 0.717) is 0 Å². The summed E-state index contributed by atoms with van der Waals surface area (Å²) in [6.45, 7) is 8.64. The Labute approximate surface area is 132 Å². The van der Waals surface area contributed by atoms with Gasteiger partial charge in [-0.3, -0.25) is 0 Å². The fraction of sp³-hybridized carbons (Fsp3) is 0.368. The van der Waals surface area contributed by atoms with Crippen LogP contribution >= 0.6 is 11.6 Å². The standard InChI is InChI=1S/C19H23ClO/c1-12-9-13(2)15(4)19(14(12)3)18(20)11-16-7-6-8-17(10-16)21-5/h6-10,18H,11H2,1-5H3. The van der Waals surface area contributed by atoms with E-state index < -0.39 is 0 Å². The topological polar surface area (TPSA) is 9.23 Å². The molecule has 2 aromatic rings. The molecule has 0 spiro atoms. The molecule has 0 aliphatic carbocycles. The highest BCUT2D eigenvalue weighted by atomic mass is 35.5. The highest BCUT2D eigenvalue weighted by molar-refractivity contribution is 6.21. The van der Waals surface area contributed by atoms with E-state index in [2.05, 4.69) is 45.9 Å². The van der Waals surface area contributed by atoms with Crippen LogP contribution in [0.1, 0.15) is 38.8 Å². The van der Waals surface area contributed by atoms with Crippen molar-refractivity contribution in [2.24, 2.45) is 0 Å². The fourth-order valence-electron chi connectivity index (χ4n) is 2.83. The molecule has 1 unspecified atom stereocenters. The second kappa shape index (κ2) is 6.53. The summed E-state index contributed by atoms with van der Waals surface area (Å²) in [5.41, 5.74) is 7.71. The van der Waals surface area contributed by atoms with E-state index in [9.17, 15) is 0 Å². The van der Waals surface area contributed by atoms with Crippen LogP contribution in [0.4, 0.5) is 0 Å². The van der Waals surface area contributed by atoms with Crippen LogP contribution in [0, 0.1) is 27.7 Å². The molecular formula is C19H23ClO. The molecule has 0 aromatic heterocycles. The summed E-state index contributed by atoms with van der Waals surface area (Å²) in [4.78, 5) is 0. The Morgan fingerprint density at radius 1 is 1.00 bits per heavy atom. The second-order valence-electron chi connectivity index (χ2n) is 5.70. The van der Waals surface area contributed by atoms with E-state index in [0.717, 1.165) is 12.2 Å². The van der Waals surface area contributed by atoms with Crippen LogP contribution in [0.15, 0.2) is 30.3 Å². The largest absolute Gasteiger partial charge is 0.497 e. The molecule has 0 bridgehead atoms. The van der Waals surface area contributed by atoms with Gasteiger partial charge in [0.05, 0.1) is 12.5 Å². The zero-order valence-electron chi connectivity index (χ0n) is 13.5. The smallest absolute Gasteiger partial charge is 0.119 e. The van der Waals surface area contributed by atoms with Crippen LogP contribution in [0.5, 0.6) is 5.75 Å². The Bertz CT molecular complexity index is 620. The number of benzene rings is 2. The van der Waals surface area contributed by atoms with Crippen molar-refractivity contribution in [3.63, 3.8) is 0 Å². The summed E-state index contributed by atoms with van der Waals surface area (Å²) in [5, 5.41) is -0.0179. The first kappa shape index (κ1) is 15.9. The molecular weight excluding hydrogens is 280 g/mol. The van der Waals surface area contributed by atoms with Crippen LogP contribution in [0.2, 0.25) is 0 Å². The monoisotopic (exact) mass is 302 g/mol. The molecule has 0 saturated heterocycles. The van der Waals surface area contributed by atoms with E-state index in [1.165, 1.54) is 33.4 Å². The average molecular weight is 303 g/mol. The van der Waals surface area contributed by atoms with Gasteiger partial charge in [-0.2, -0.15) is 0 Å². The van der Waals surface area contributed by atoms with E-state index in [4.69, 9.17) is 16.3 Å². The number of methoxy groups -OCH3 is 1. The van der Waals surface area contributed by atoms with Gasteiger partial charge in [-0.05, 0) is 79.6 Å². The van der Waals surface area contributed by atoms with Crippen LogP contribution in [-0.4, -0.2) is 7.11 Å². The summed E-state index contributed by atoms with van der Waals surface area (Å²) in [5.74, 6) is 0.880. The molecule has 2 rings (SSSR count). The third-order valence-electron chi connectivity index (χ3n) is 4.29. The molecule has 0 fully saturated rings. The minimum Gasteiger partial charge on any atom is -0.497 e. The Morgan fingerprint density at radius 3 is 2.19 bits per heavy atom. The lowest BCUT2D eigenvalue weighted by Gasteiger charge is -2.20. The molecule has 0 aliphatic heterocycles. The Hall–Kier alpha value is -1.47. The summed E-state index contributed by atoms with van der Waals surface area (Å²) >= 11 is 6.75. The van der Waals surface area contributed by atoms with Crippen molar-refractivity contribution in [1.82, 2.24) is 0 Å². The van der Waals surface area contributed by atoms with Crippen molar-refractivity contribution in [2.75, 3.05) is 7.11 Å². The van der Waals surface area contributed by atoms with Crippen molar-refractivity contribution in [1.29, 1.82) is 0 Å². The summed E-state index contributed by atoms with van der Waals surface area (Å²) in [7, 11) is 1.69. The van der Waals surface area contributed by atoms with Gasteiger partial charge in [0.15, 0.2) is 0 Å². The Balaban J connectivity index is 2.34. The molecule has 112 valence electrons. The van der Waals surface area contributed by atoms with Crippen LogP contribution in [0.3, 0.4) is 0 Å². The SMILES string of the molecule is COc1cccc(CC(Cl)c2c(C)c(C)cc(C)c2C)c1. The normalized spacial score (nSPS) is 12.3. The van der Waals surface area contributed by atoms with Crippen LogP contribution in [0.25, 0.3) is 0 Å². The summed E-state index contributed by atoms with van der Waals surface area (Å²) in [6, 6.07) is 10.4. The van der Waals surface area contributed by atoms with E-state index in [1.54, 1.807) is 7.11 Å². The third-order valence-corrected chi connectivity index (χ3v) is 4.66. The molecule has 0 radical (unpaired) electrons. The van der Waals surface area contributed by atoms with Gasteiger partial charge in [0, 0.05) is 0 Å². The minimum atomic E-state index is -0.0179. The molecule has 2 heteroatoms.